The Morgan fingerprint density at radius 2 is 2.04 bits per heavy atom. The number of nitrogens with zero attached hydrogens (tertiary/aromatic N) is 3. The summed E-state index contributed by atoms with van der Waals surface area (Å²) in [6.45, 7) is 5.05. The van der Waals surface area contributed by atoms with Crippen molar-refractivity contribution in [3.8, 4) is 28.6 Å². The Balaban J connectivity index is 1.73. The van der Waals surface area contributed by atoms with Gasteiger partial charge in [0.2, 0.25) is 5.82 Å². The summed E-state index contributed by atoms with van der Waals surface area (Å²) in [5, 5.41) is 15.0. The number of rotatable bonds is 5. The molecule has 1 N–H and O–H groups in total. The Kier molecular flexibility index (Phi) is 4.21. The highest BCUT2D eigenvalue weighted by atomic mass is 16.5. The first kappa shape index (κ1) is 16.4. The van der Waals surface area contributed by atoms with Crippen molar-refractivity contribution >= 4 is 10.9 Å². The Labute approximate surface area is 151 Å². The van der Waals surface area contributed by atoms with E-state index in [1.165, 1.54) is 11.9 Å². The molecular weight excluding hydrogens is 326 g/mol. The van der Waals surface area contributed by atoms with Crippen LogP contribution < -0.4 is 0 Å². The third-order valence-corrected chi connectivity index (χ3v) is 4.68. The summed E-state index contributed by atoms with van der Waals surface area (Å²) in [6.07, 6.45) is 4.44. The average molecular weight is 347 g/mol. The molecule has 2 aromatic heterocycles. The summed E-state index contributed by atoms with van der Waals surface area (Å²) in [4.78, 5) is 4.57. The summed E-state index contributed by atoms with van der Waals surface area (Å²) in [6, 6.07) is 13.5. The highest BCUT2D eigenvalue weighted by Crippen LogP contribution is 2.30. The summed E-state index contributed by atoms with van der Waals surface area (Å²) < 4.78 is 7.74. The maximum atomic E-state index is 9.69. The normalized spacial score (nSPS) is 11.3. The molecular formula is C21H21N3O2. The molecule has 132 valence electrons. The van der Waals surface area contributed by atoms with Crippen LogP contribution in [0.15, 0.2) is 53.2 Å². The quantitative estimate of drug-likeness (QED) is 0.541. The molecule has 2 aromatic carbocycles. The van der Waals surface area contributed by atoms with E-state index >= 15 is 0 Å². The number of hydrogen-bond donors (Lipinski definition) is 1. The SMILES string of the molecule is CCCCn1ccc2c(-c3noc(-c4ccc(O)c(C)c4)n3)cccc21. The van der Waals surface area contributed by atoms with Gasteiger partial charge in [-0.25, -0.2) is 0 Å². The second-order valence-corrected chi connectivity index (χ2v) is 6.53. The molecule has 2 heterocycles. The Hall–Kier alpha value is -3.08. The minimum Gasteiger partial charge on any atom is -0.508 e. The molecule has 0 unspecified atom stereocenters. The van der Waals surface area contributed by atoms with Gasteiger partial charge in [0, 0.05) is 34.8 Å². The molecule has 5 heteroatoms. The predicted molar refractivity (Wildman–Crippen MR) is 102 cm³/mol. The summed E-state index contributed by atoms with van der Waals surface area (Å²) in [5.74, 6) is 1.28. The topological polar surface area (TPSA) is 64.1 Å². The molecule has 0 saturated carbocycles. The third-order valence-electron chi connectivity index (χ3n) is 4.68. The van der Waals surface area contributed by atoms with Crippen molar-refractivity contribution in [2.45, 2.75) is 33.2 Å². The first-order valence-electron chi connectivity index (χ1n) is 8.89. The molecule has 0 aliphatic heterocycles. The number of unbranched alkanes of at least 4 members (excludes halogenated alkanes) is 1. The van der Waals surface area contributed by atoms with Crippen LogP contribution in [0.3, 0.4) is 0 Å². The number of phenols is 1. The smallest absolute Gasteiger partial charge is 0.258 e. The molecule has 0 aliphatic carbocycles. The van der Waals surface area contributed by atoms with Crippen molar-refractivity contribution in [1.82, 2.24) is 14.7 Å². The van der Waals surface area contributed by atoms with E-state index < -0.39 is 0 Å². The fraction of sp³-hybridized carbons (Fsp3) is 0.238. The van der Waals surface area contributed by atoms with Gasteiger partial charge < -0.3 is 14.2 Å². The lowest BCUT2D eigenvalue weighted by Crippen LogP contribution is -1.95. The standard InChI is InChI=1S/C21H21N3O2/c1-3-4-11-24-12-10-16-17(6-5-7-18(16)24)20-22-21(26-23-20)15-8-9-19(25)14(2)13-15/h5-10,12-13,25H,3-4,11H2,1-2H3. The van der Waals surface area contributed by atoms with Gasteiger partial charge in [-0.05, 0) is 49.2 Å². The van der Waals surface area contributed by atoms with Crippen molar-refractivity contribution in [3.05, 3.63) is 54.2 Å². The second kappa shape index (κ2) is 6.67. The summed E-state index contributed by atoms with van der Waals surface area (Å²) in [7, 11) is 0. The van der Waals surface area contributed by atoms with E-state index in [4.69, 9.17) is 4.52 Å². The number of aryl methyl sites for hydroxylation is 2. The van der Waals surface area contributed by atoms with Gasteiger partial charge in [-0.3, -0.25) is 0 Å². The van der Waals surface area contributed by atoms with Gasteiger partial charge in [0.15, 0.2) is 0 Å². The number of aromatic hydroxyl groups is 1. The van der Waals surface area contributed by atoms with E-state index in [2.05, 4.69) is 40.0 Å². The van der Waals surface area contributed by atoms with E-state index in [9.17, 15) is 5.11 Å². The van der Waals surface area contributed by atoms with Crippen LogP contribution in [0.1, 0.15) is 25.3 Å². The summed E-state index contributed by atoms with van der Waals surface area (Å²) >= 11 is 0. The van der Waals surface area contributed by atoms with Gasteiger partial charge in [-0.2, -0.15) is 4.98 Å². The minimum atomic E-state index is 0.256. The largest absolute Gasteiger partial charge is 0.508 e. The zero-order valence-electron chi connectivity index (χ0n) is 14.9. The lowest BCUT2D eigenvalue weighted by molar-refractivity contribution is 0.432. The van der Waals surface area contributed by atoms with Crippen molar-refractivity contribution in [3.63, 3.8) is 0 Å². The zero-order chi connectivity index (χ0) is 18.1. The Morgan fingerprint density at radius 1 is 1.15 bits per heavy atom. The molecule has 5 nitrogen and oxygen atoms in total. The van der Waals surface area contributed by atoms with Crippen molar-refractivity contribution in [1.29, 1.82) is 0 Å². The molecule has 4 aromatic rings. The summed E-state index contributed by atoms with van der Waals surface area (Å²) in [5.41, 5.74) is 3.72. The lowest BCUT2D eigenvalue weighted by Gasteiger charge is -2.04. The fourth-order valence-electron chi connectivity index (χ4n) is 3.18. The van der Waals surface area contributed by atoms with Crippen molar-refractivity contribution in [2.75, 3.05) is 0 Å². The molecule has 0 aliphatic rings. The van der Waals surface area contributed by atoms with Gasteiger partial charge in [-0.15, -0.1) is 0 Å². The molecule has 0 fully saturated rings. The number of phenolic OH excluding ortho intramolecular Hbond substituents is 1. The van der Waals surface area contributed by atoms with E-state index in [1.54, 1.807) is 12.1 Å². The van der Waals surface area contributed by atoms with Crippen LogP contribution in [0, 0.1) is 6.92 Å². The van der Waals surface area contributed by atoms with Gasteiger partial charge in [0.25, 0.3) is 5.89 Å². The molecule has 0 atom stereocenters. The second-order valence-electron chi connectivity index (χ2n) is 6.53. The number of benzene rings is 2. The Bertz CT molecular complexity index is 1060. The highest BCUT2D eigenvalue weighted by molar-refractivity contribution is 5.93. The maximum Gasteiger partial charge on any atom is 0.258 e. The first-order chi connectivity index (χ1) is 12.7. The monoisotopic (exact) mass is 347 g/mol. The number of fused-ring (bicyclic) bond motifs is 1. The molecule has 0 saturated heterocycles. The molecule has 0 radical (unpaired) electrons. The van der Waals surface area contributed by atoms with Gasteiger partial charge >= 0.3 is 0 Å². The zero-order valence-corrected chi connectivity index (χ0v) is 14.9. The molecule has 26 heavy (non-hydrogen) atoms. The predicted octanol–water partition coefficient (Wildman–Crippen LogP) is 5.17. The fourth-order valence-corrected chi connectivity index (χ4v) is 3.18. The van der Waals surface area contributed by atoms with Gasteiger partial charge in [0.05, 0.1) is 0 Å². The first-order valence-corrected chi connectivity index (χ1v) is 8.89. The Morgan fingerprint density at radius 3 is 2.85 bits per heavy atom. The van der Waals surface area contributed by atoms with Crippen molar-refractivity contribution in [2.24, 2.45) is 0 Å². The minimum absolute atomic E-state index is 0.256. The van der Waals surface area contributed by atoms with Crippen LogP contribution in [0.25, 0.3) is 33.7 Å². The molecule has 0 bridgehead atoms. The van der Waals surface area contributed by atoms with E-state index in [0.717, 1.165) is 35.0 Å². The van der Waals surface area contributed by atoms with Crippen LogP contribution in [0.4, 0.5) is 0 Å². The van der Waals surface area contributed by atoms with Crippen LogP contribution >= 0.6 is 0 Å². The highest BCUT2D eigenvalue weighted by Gasteiger charge is 2.15. The van der Waals surface area contributed by atoms with Crippen LogP contribution in [-0.4, -0.2) is 19.8 Å². The van der Waals surface area contributed by atoms with E-state index in [-0.39, 0.29) is 5.75 Å². The van der Waals surface area contributed by atoms with Gasteiger partial charge in [-0.1, -0.05) is 30.6 Å². The van der Waals surface area contributed by atoms with E-state index in [0.29, 0.717) is 11.7 Å². The molecule has 4 rings (SSSR count). The average Bonchev–Trinajstić information content (AvgIpc) is 3.29. The van der Waals surface area contributed by atoms with Crippen LogP contribution in [0.2, 0.25) is 0 Å². The maximum absolute atomic E-state index is 9.69. The van der Waals surface area contributed by atoms with Gasteiger partial charge in [0.1, 0.15) is 5.75 Å². The van der Waals surface area contributed by atoms with Crippen molar-refractivity contribution < 1.29 is 9.63 Å². The van der Waals surface area contributed by atoms with Crippen LogP contribution in [-0.2, 0) is 6.54 Å². The van der Waals surface area contributed by atoms with Crippen LogP contribution in [0.5, 0.6) is 5.75 Å². The number of aromatic nitrogens is 3. The van der Waals surface area contributed by atoms with E-state index in [1.807, 2.05) is 25.1 Å². The molecule has 0 spiro atoms. The third kappa shape index (κ3) is 2.86. The molecule has 0 amide bonds. The number of hydrogen-bond acceptors (Lipinski definition) is 4. The lowest BCUT2D eigenvalue weighted by atomic mass is 10.1.